The van der Waals surface area contributed by atoms with E-state index in [9.17, 15) is 14.7 Å². The van der Waals surface area contributed by atoms with E-state index in [-0.39, 0.29) is 24.3 Å². The smallest absolute Gasteiger partial charge is 0.326 e. The van der Waals surface area contributed by atoms with Crippen molar-refractivity contribution in [2.45, 2.75) is 12.5 Å². The number of hydrogen-bond acceptors (Lipinski definition) is 4. The molecule has 1 amide bonds. The third-order valence-electron chi connectivity index (χ3n) is 2.17. The molecule has 92 valence electrons. The summed E-state index contributed by atoms with van der Waals surface area (Å²) in [6.45, 7) is -0.349. The molecule has 0 aliphatic heterocycles. The number of benzene rings is 1. The van der Waals surface area contributed by atoms with E-state index in [1.165, 1.54) is 12.1 Å². The lowest BCUT2D eigenvalue weighted by Crippen LogP contribution is -2.41. The Balaban J connectivity index is 2.77. The molecule has 17 heavy (non-hydrogen) atoms. The van der Waals surface area contributed by atoms with E-state index in [2.05, 4.69) is 5.32 Å². The van der Waals surface area contributed by atoms with Crippen LogP contribution >= 0.6 is 0 Å². The second-order valence-electron chi connectivity index (χ2n) is 3.39. The summed E-state index contributed by atoms with van der Waals surface area (Å²) in [4.78, 5) is 22.4. The highest BCUT2D eigenvalue weighted by molar-refractivity contribution is 5.98. The predicted molar refractivity (Wildman–Crippen MR) is 58.7 cm³/mol. The Morgan fingerprint density at radius 3 is 2.47 bits per heavy atom. The number of aliphatic hydroxyl groups excluding tert-OH is 1. The van der Waals surface area contributed by atoms with Crippen LogP contribution in [0.4, 0.5) is 0 Å². The molecule has 1 aromatic rings. The van der Waals surface area contributed by atoms with Gasteiger partial charge < -0.3 is 20.6 Å². The minimum Gasteiger partial charge on any atom is -0.507 e. The first-order valence-electron chi connectivity index (χ1n) is 4.98. The van der Waals surface area contributed by atoms with Gasteiger partial charge in [0.15, 0.2) is 0 Å². The number of aliphatic hydroxyl groups is 1. The Morgan fingerprint density at radius 1 is 1.29 bits per heavy atom. The molecule has 0 saturated heterocycles. The molecular weight excluding hydrogens is 226 g/mol. The number of para-hydroxylation sites is 1. The van der Waals surface area contributed by atoms with Crippen LogP contribution in [0.2, 0.25) is 0 Å². The van der Waals surface area contributed by atoms with Crippen LogP contribution < -0.4 is 5.32 Å². The zero-order chi connectivity index (χ0) is 12.8. The largest absolute Gasteiger partial charge is 0.507 e. The number of phenolic OH excluding ortho intramolecular Hbond substituents is 1. The number of aromatic hydroxyl groups is 1. The van der Waals surface area contributed by atoms with Gasteiger partial charge in [-0.2, -0.15) is 0 Å². The molecule has 0 saturated carbocycles. The number of carboxylic acids is 1. The topological polar surface area (TPSA) is 107 Å². The number of amides is 1. The van der Waals surface area contributed by atoms with Crippen molar-refractivity contribution in [2.24, 2.45) is 0 Å². The first kappa shape index (κ1) is 13.0. The van der Waals surface area contributed by atoms with Crippen LogP contribution in [0.5, 0.6) is 5.75 Å². The van der Waals surface area contributed by atoms with Crippen LogP contribution in [0.15, 0.2) is 24.3 Å². The van der Waals surface area contributed by atoms with Gasteiger partial charge in [0.1, 0.15) is 11.8 Å². The molecule has 1 rings (SSSR count). The van der Waals surface area contributed by atoms with E-state index in [4.69, 9.17) is 10.2 Å². The third kappa shape index (κ3) is 3.46. The lowest BCUT2D eigenvalue weighted by molar-refractivity contribution is -0.139. The zero-order valence-corrected chi connectivity index (χ0v) is 8.96. The van der Waals surface area contributed by atoms with E-state index < -0.39 is 17.9 Å². The van der Waals surface area contributed by atoms with Crippen molar-refractivity contribution in [1.29, 1.82) is 0 Å². The molecule has 6 heteroatoms. The van der Waals surface area contributed by atoms with Gasteiger partial charge in [-0.3, -0.25) is 4.79 Å². The summed E-state index contributed by atoms with van der Waals surface area (Å²) in [5, 5.41) is 29.1. The molecule has 0 aromatic heterocycles. The van der Waals surface area contributed by atoms with Gasteiger partial charge in [-0.25, -0.2) is 4.79 Å². The van der Waals surface area contributed by atoms with Gasteiger partial charge in [-0.15, -0.1) is 0 Å². The van der Waals surface area contributed by atoms with Crippen molar-refractivity contribution < 1.29 is 24.9 Å². The van der Waals surface area contributed by atoms with Gasteiger partial charge in [0, 0.05) is 13.0 Å². The van der Waals surface area contributed by atoms with E-state index in [0.717, 1.165) is 0 Å². The highest BCUT2D eigenvalue weighted by Gasteiger charge is 2.21. The number of aliphatic carboxylic acids is 1. The SMILES string of the molecule is O=C(NC(CCO)C(=O)O)c1ccccc1O. The van der Waals surface area contributed by atoms with Gasteiger partial charge >= 0.3 is 5.97 Å². The maximum absolute atomic E-state index is 11.6. The predicted octanol–water partition coefficient (Wildman–Crippen LogP) is -0.0424. The van der Waals surface area contributed by atoms with E-state index in [1.54, 1.807) is 12.1 Å². The molecule has 1 atom stereocenters. The lowest BCUT2D eigenvalue weighted by Gasteiger charge is -2.13. The molecule has 0 aliphatic carbocycles. The van der Waals surface area contributed by atoms with Gasteiger partial charge in [-0.05, 0) is 12.1 Å². The Hall–Kier alpha value is -2.08. The number of rotatable bonds is 5. The Bertz CT molecular complexity index is 418. The van der Waals surface area contributed by atoms with Crippen LogP contribution in [-0.2, 0) is 4.79 Å². The lowest BCUT2D eigenvalue weighted by atomic mass is 10.1. The summed E-state index contributed by atoms with van der Waals surface area (Å²) < 4.78 is 0. The minimum atomic E-state index is -1.23. The molecule has 0 fully saturated rings. The summed E-state index contributed by atoms with van der Waals surface area (Å²) in [5.74, 6) is -2.15. The average molecular weight is 239 g/mol. The zero-order valence-electron chi connectivity index (χ0n) is 8.96. The van der Waals surface area contributed by atoms with Gasteiger partial charge in [0.25, 0.3) is 5.91 Å². The second kappa shape index (κ2) is 5.86. The van der Waals surface area contributed by atoms with Gasteiger partial charge in [0.2, 0.25) is 0 Å². The van der Waals surface area contributed by atoms with Crippen molar-refractivity contribution in [2.75, 3.05) is 6.61 Å². The fourth-order valence-electron chi connectivity index (χ4n) is 1.29. The Morgan fingerprint density at radius 2 is 1.94 bits per heavy atom. The number of carbonyl (C=O) groups is 2. The first-order chi connectivity index (χ1) is 8.06. The Kier molecular flexibility index (Phi) is 4.47. The second-order valence-corrected chi connectivity index (χ2v) is 3.39. The van der Waals surface area contributed by atoms with E-state index in [1.807, 2.05) is 0 Å². The number of carboxylic acid groups (broad SMARTS) is 1. The van der Waals surface area contributed by atoms with Crippen LogP contribution in [-0.4, -0.2) is 39.8 Å². The van der Waals surface area contributed by atoms with Crippen molar-refractivity contribution in [3.05, 3.63) is 29.8 Å². The Labute approximate surface area is 97.5 Å². The molecule has 0 radical (unpaired) electrons. The van der Waals surface area contributed by atoms with E-state index in [0.29, 0.717) is 0 Å². The number of carbonyl (C=O) groups excluding carboxylic acids is 1. The summed E-state index contributed by atoms with van der Waals surface area (Å²) >= 11 is 0. The van der Waals surface area contributed by atoms with Crippen molar-refractivity contribution in [3.63, 3.8) is 0 Å². The number of phenols is 1. The minimum absolute atomic E-state index is 0.00307. The molecule has 0 aliphatic rings. The molecule has 1 unspecified atom stereocenters. The maximum atomic E-state index is 11.6. The third-order valence-corrected chi connectivity index (χ3v) is 2.17. The van der Waals surface area contributed by atoms with Crippen molar-refractivity contribution in [1.82, 2.24) is 5.32 Å². The normalized spacial score (nSPS) is 11.8. The maximum Gasteiger partial charge on any atom is 0.326 e. The summed E-state index contributed by atoms with van der Waals surface area (Å²) in [6.07, 6.45) is -0.0886. The van der Waals surface area contributed by atoms with Gasteiger partial charge in [-0.1, -0.05) is 12.1 Å². The van der Waals surface area contributed by atoms with Crippen LogP contribution in [0, 0.1) is 0 Å². The van der Waals surface area contributed by atoms with Crippen molar-refractivity contribution in [3.8, 4) is 5.75 Å². The molecule has 0 bridgehead atoms. The monoisotopic (exact) mass is 239 g/mol. The van der Waals surface area contributed by atoms with Crippen LogP contribution in [0.1, 0.15) is 16.8 Å². The van der Waals surface area contributed by atoms with Crippen molar-refractivity contribution >= 4 is 11.9 Å². The standard InChI is InChI=1S/C11H13NO5/c13-6-5-8(11(16)17)12-10(15)7-3-1-2-4-9(7)14/h1-4,8,13-14H,5-6H2,(H,12,15)(H,16,17). The number of nitrogens with one attached hydrogen (secondary N) is 1. The van der Waals surface area contributed by atoms with E-state index >= 15 is 0 Å². The molecule has 4 N–H and O–H groups in total. The average Bonchev–Trinajstić information content (AvgIpc) is 2.28. The molecule has 6 nitrogen and oxygen atoms in total. The van der Waals surface area contributed by atoms with Crippen LogP contribution in [0.3, 0.4) is 0 Å². The molecule has 0 spiro atoms. The molecule has 0 heterocycles. The summed E-state index contributed by atoms with van der Waals surface area (Å²) in [7, 11) is 0. The highest BCUT2D eigenvalue weighted by Crippen LogP contribution is 2.15. The summed E-state index contributed by atoms with van der Waals surface area (Å²) in [6, 6.07) is 4.64. The van der Waals surface area contributed by atoms with Gasteiger partial charge in [0.05, 0.1) is 5.56 Å². The fourth-order valence-corrected chi connectivity index (χ4v) is 1.29. The van der Waals surface area contributed by atoms with Crippen LogP contribution in [0.25, 0.3) is 0 Å². The first-order valence-corrected chi connectivity index (χ1v) is 4.98. The highest BCUT2D eigenvalue weighted by atomic mass is 16.4. The number of hydrogen-bond donors (Lipinski definition) is 4. The fraction of sp³-hybridized carbons (Fsp3) is 0.273. The molecular formula is C11H13NO5. The molecule has 1 aromatic carbocycles. The quantitative estimate of drug-likeness (QED) is 0.576. The summed E-state index contributed by atoms with van der Waals surface area (Å²) in [5.41, 5.74) is -0.00307.